The van der Waals surface area contributed by atoms with Gasteiger partial charge in [0.05, 0.1) is 32.2 Å². The third-order valence-corrected chi connectivity index (χ3v) is 6.77. The highest BCUT2D eigenvalue weighted by molar-refractivity contribution is 8.13. The molecular formula is C17H20N6O3S2. The number of nitrogens with one attached hydrogen (secondary N) is 1. The Hall–Kier alpha value is -2.24. The lowest BCUT2D eigenvalue weighted by molar-refractivity contribution is -0.0466. The molecule has 9 nitrogen and oxygen atoms in total. The van der Waals surface area contributed by atoms with Gasteiger partial charge in [-0.25, -0.2) is 19.9 Å². The Kier molecular flexibility index (Phi) is 5.21. The third kappa shape index (κ3) is 3.56. The molecule has 148 valence electrons. The van der Waals surface area contributed by atoms with Crippen molar-refractivity contribution >= 4 is 40.0 Å². The molecule has 2 aliphatic rings. The first-order valence-corrected chi connectivity index (χ1v) is 10.6. The number of fused-ring (bicyclic) bond motifs is 1. The second-order valence-corrected chi connectivity index (χ2v) is 8.57. The van der Waals surface area contributed by atoms with Crippen LogP contribution < -0.4 is 15.8 Å². The first-order chi connectivity index (χ1) is 13.5. The van der Waals surface area contributed by atoms with E-state index < -0.39 is 11.4 Å². The molecule has 3 N–H and O–H groups in total. The molecule has 4 rings (SSSR count). The highest BCUT2D eigenvalue weighted by Crippen LogP contribution is 2.46. The lowest BCUT2D eigenvalue weighted by Crippen LogP contribution is -2.49. The summed E-state index contributed by atoms with van der Waals surface area (Å²) in [5, 5.41) is 5.89. The summed E-state index contributed by atoms with van der Waals surface area (Å²) in [7, 11) is 1.49. The summed E-state index contributed by atoms with van der Waals surface area (Å²) >= 11 is 3.02. The van der Waals surface area contributed by atoms with E-state index in [0.29, 0.717) is 23.5 Å². The summed E-state index contributed by atoms with van der Waals surface area (Å²) in [6, 6.07) is 0. The number of carbonyl (C=O) groups excluding carboxylic acids is 1. The Bertz CT molecular complexity index is 903. The molecule has 3 atom stereocenters. The Morgan fingerprint density at radius 2 is 2.29 bits per heavy atom. The van der Waals surface area contributed by atoms with Gasteiger partial charge in [0.25, 0.3) is 5.91 Å². The molecule has 0 spiro atoms. The van der Waals surface area contributed by atoms with Crippen molar-refractivity contribution in [2.45, 2.75) is 25.0 Å². The maximum atomic E-state index is 12.4. The highest BCUT2D eigenvalue weighted by atomic mass is 32.2. The first kappa shape index (κ1) is 19.1. The number of amidine groups is 1. The van der Waals surface area contributed by atoms with Crippen molar-refractivity contribution in [3.05, 3.63) is 28.5 Å². The maximum Gasteiger partial charge on any atom is 0.277 e. The number of carbonyl (C=O) groups is 1. The lowest BCUT2D eigenvalue weighted by atomic mass is 9.80. The van der Waals surface area contributed by atoms with Crippen LogP contribution >= 0.6 is 23.1 Å². The van der Waals surface area contributed by atoms with Crippen LogP contribution in [0, 0.1) is 5.92 Å². The predicted octanol–water partition coefficient (Wildman–Crippen LogP) is 1.88. The van der Waals surface area contributed by atoms with Gasteiger partial charge in [0.2, 0.25) is 5.88 Å². The third-order valence-electron chi connectivity index (χ3n) is 4.81. The van der Waals surface area contributed by atoms with Gasteiger partial charge in [-0.05, 0) is 13.3 Å². The van der Waals surface area contributed by atoms with E-state index in [4.69, 9.17) is 20.2 Å². The van der Waals surface area contributed by atoms with Gasteiger partial charge in [0.1, 0.15) is 22.1 Å². The van der Waals surface area contributed by atoms with Crippen molar-refractivity contribution in [3.63, 3.8) is 0 Å². The van der Waals surface area contributed by atoms with Crippen LogP contribution in [0.4, 0.5) is 5.82 Å². The average Bonchev–Trinajstić information content (AvgIpc) is 3.17. The largest absolute Gasteiger partial charge is 0.480 e. The van der Waals surface area contributed by atoms with Gasteiger partial charge in [0.15, 0.2) is 5.17 Å². The molecule has 1 fully saturated rings. The van der Waals surface area contributed by atoms with Crippen LogP contribution in [0.2, 0.25) is 0 Å². The molecule has 11 heteroatoms. The smallest absolute Gasteiger partial charge is 0.277 e. The molecule has 0 bridgehead atoms. The topological polar surface area (TPSA) is 125 Å². The van der Waals surface area contributed by atoms with Crippen molar-refractivity contribution in [2.24, 2.45) is 16.6 Å². The number of hydrogen-bond acceptors (Lipinski definition) is 10. The molecule has 0 aromatic carbocycles. The van der Waals surface area contributed by atoms with Gasteiger partial charge >= 0.3 is 0 Å². The number of thioether (sulfide) groups is 1. The minimum absolute atomic E-state index is 0.178. The second kappa shape index (κ2) is 7.64. The zero-order valence-corrected chi connectivity index (χ0v) is 17.0. The fourth-order valence-corrected chi connectivity index (χ4v) is 5.30. The van der Waals surface area contributed by atoms with Gasteiger partial charge in [-0.2, -0.15) is 0 Å². The van der Waals surface area contributed by atoms with Gasteiger partial charge in [0, 0.05) is 17.1 Å². The van der Waals surface area contributed by atoms with E-state index in [0.717, 1.165) is 17.2 Å². The summed E-state index contributed by atoms with van der Waals surface area (Å²) < 4.78 is 10.9. The number of ether oxygens (including phenoxy) is 2. The molecule has 0 aliphatic carbocycles. The Morgan fingerprint density at radius 1 is 1.43 bits per heavy atom. The monoisotopic (exact) mass is 420 g/mol. The molecule has 4 heterocycles. The van der Waals surface area contributed by atoms with Crippen LogP contribution in [0.15, 0.2) is 22.8 Å². The van der Waals surface area contributed by atoms with Crippen LogP contribution in [0.1, 0.15) is 28.8 Å². The molecule has 1 amide bonds. The summed E-state index contributed by atoms with van der Waals surface area (Å²) in [6.07, 6.45) is 3.83. The normalized spacial score (nSPS) is 26.9. The zero-order valence-electron chi connectivity index (χ0n) is 15.4. The van der Waals surface area contributed by atoms with E-state index in [1.165, 1.54) is 30.8 Å². The highest BCUT2D eigenvalue weighted by Gasteiger charge is 2.49. The number of nitrogens with zero attached hydrogens (tertiary/aromatic N) is 4. The van der Waals surface area contributed by atoms with Crippen LogP contribution in [0.5, 0.6) is 5.88 Å². The lowest BCUT2D eigenvalue weighted by Gasteiger charge is -2.44. The number of methoxy groups -OCH3 is 1. The molecule has 2 aliphatic heterocycles. The fourth-order valence-electron chi connectivity index (χ4n) is 3.33. The molecule has 0 saturated carbocycles. The standard InChI is InChI=1S/C17H20N6O3S2/c1-9-3-10-6-28-16(18)23-17(10,8-26-9)15-22-12(7-27-15)21-14(24)11-4-20-13(25-2)5-19-11/h4-5,7,9-10H,3,6,8H2,1-2H3,(H2,18,23)(H,21,24)/t9-,10-,17?/m0/s1. The fraction of sp³-hybridized carbons (Fsp3) is 0.471. The predicted molar refractivity (Wildman–Crippen MR) is 108 cm³/mol. The first-order valence-electron chi connectivity index (χ1n) is 8.73. The van der Waals surface area contributed by atoms with Gasteiger partial charge in [-0.3, -0.25) is 4.79 Å². The number of hydrogen-bond donors (Lipinski definition) is 2. The van der Waals surface area contributed by atoms with Crippen molar-refractivity contribution in [1.82, 2.24) is 15.0 Å². The van der Waals surface area contributed by atoms with Crippen molar-refractivity contribution in [2.75, 3.05) is 24.8 Å². The molecule has 2 aromatic heterocycles. The van der Waals surface area contributed by atoms with E-state index in [1.807, 2.05) is 0 Å². The van der Waals surface area contributed by atoms with Crippen molar-refractivity contribution in [1.29, 1.82) is 0 Å². The maximum absolute atomic E-state index is 12.4. The number of aromatic nitrogens is 3. The molecule has 0 radical (unpaired) electrons. The van der Waals surface area contributed by atoms with Crippen LogP contribution in [0.3, 0.4) is 0 Å². The van der Waals surface area contributed by atoms with E-state index in [9.17, 15) is 4.79 Å². The molecular weight excluding hydrogens is 400 g/mol. The van der Waals surface area contributed by atoms with E-state index >= 15 is 0 Å². The number of rotatable bonds is 4. The second-order valence-electron chi connectivity index (χ2n) is 6.68. The Morgan fingerprint density at radius 3 is 3.04 bits per heavy atom. The minimum atomic E-state index is -0.588. The average molecular weight is 421 g/mol. The van der Waals surface area contributed by atoms with Crippen molar-refractivity contribution < 1.29 is 14.3 Å². The zero-order chi connectivity index (χ0) is 19.7. The Balaban J connectivity index is 1.56. The van der Waals surface area contributed by atoms with E-state index in [-0.39, 0.29) is 17.7 Å². The number of nitrogens with two attached hydrogens (primary N) is 1. The van der Waals surface area contributed by atoms with E-state index in [2.05, 4.69) is 27.2 Å². The SMILES string of the molecule is COc1cnc(C(=O)Nc2csc(C34CO[C@@H](C)C[C@H]3CSC(N)=N4)n2)cn1. The van der Waals surface area contributed by atoms with E-state index in [1.54, 1.807) is 17.1 Å². The quantitative estimate of drug-likeness (QED) is 0.768. The van der Waals surface area contributed by atoms with Gasteiger partial charge in [-0.15, -0.1) is 11.3 Å². The number of thiazole rings is 1. The number of aliphatic imine (C=N–C) groups is 1. The van der Waals surface area contributed by atoms with Crippen LogP contribution in [-0.2, 0) is 10.3 Å². The molecule has 28 heavy (non-hydrogen) atoms. The number of anilines is 1. The Labute approximate surface area is 170 Å². The molecule has 2 aromatic rings. The minimum Gasteiger partial charge on any atom is -0.480 e. The summed E-state index contributed by atoms with van der Waals surface area (Å²) in [4.78, 5) is 29.8. The van der Waals surface area contributed by atoms with Gasteiger partial charge in [-0.1, -0.05) is 11.8 Å². The van der Waals surface area contributed by atoms with Crippen LogP contribution in [0.25, 0.3) is 0 Å². The molecule has 1 unspecified atom stereocenters. The summed E-state index contributed by atoms with van der Waals surface area (Å²) in [6.45, 7) is 2.50. The van der Waals surface area contributed by atoms with Gasteiger partial charge < -0.3 is 20.5 Å². The van der Waals surface area contributed by atoms with Crippen molar-refractivity contribution in [3.8, 4) is 5.88 Å². The summed E-state index contributed by atoms with van der Waals surface area (Å²) in [5.41, 5.74) is 5.62. The number of amides is 1. The van der Waals surface area contributed by atoms with Crippen LogP contribution in [-0.4, -0.2) is 51.6 Å². The molecule has 1 saturated heterocycles. The summed E-state index contributed by atoms with van der Waals surface area (Å²) in [5.74, 6) is 1.56.